The maximum atomic E-state index is 12.5. The van der Waals surface area contributed by atoms with E-state index in [0.717, 1.165) is 5.56 Å². The van der Waals surface area contributed by atoms with Crippen LogP contribution in [0.5, 0.6) is 5.75 Å². The van der Waals surface area contributed by atoms with Gasteiger partial charge in [-0.2, -0.15) is 9.78 Å². The third kappa shape index (κ3) is 2.30. The number of H-pyrrole nitrogens is 1. The molecule has 4 heterocycles. The molecule has 1 aromatic carbocycles. The number of aromatic amines is 1. The summed E-state index contributed by atoms with van der Waals surface area (Å²) < 4.78 is 12.5. The van der Waals surface area contributed by atoms with Crippen LogP contribution in [0.3, 0.4) is 0 Å². The number of nitrogens with one attached hydrogen (secondary N) is 2. The van der Waals surface area contributed by atoms with E-state index >= 15 is 0 Å². The van der Waals surface area contributed by atoms with Crippen LogP contribution in [0.2, 0.25) is 0 Å². The second-order valence-corrected chi connectivity index (χ2v) is 5.92. The van der Waals surface area contributed by atoms with E-state index in [1.54, 1.807) is 30.2 Å². The van der Waals surface area contributed by atoms with Crippen molar-refractivity contribution in [2.75, 3.05) is 12.4 Å². The van der Waals surface area contributed by atoms with Crippen LogP contribution in [0.15, 0.2) is 51.9 Å². The first-order chi connectivity index (χ1) is 13.3. The molecular formula is C17H13N7O3. The van der Waals surface area contributed by atoms with Crippen molar-refractivity contribution in [3.63, 3.8) is 0 Å². The number of ether oxygens (including phenoxy) is 1. The fraction of sp³-hybridized carbons (Fsp3) is 0.118. The number of aromatic nitrogens is 6. The van der Waals surface area contributed by atoms with Gasteiger partial charge in [0.25, 0.3) is 5.56 Å². The van der Waals surface area contributed by atoms with Crippen LogP contribution in [0.4, 0.5) is 11.6 Å². The zero-order valence-corrected chi connectivity index (χ0v) is 14.1. The lowest BCUT2D eigenvalue weighted by atomic mass is 9.94. The summed E-state index contributed by atoms with van der Waals surface area (Å²) in [7, 11) is 1.60. The van der Waals surface area contributed by atoms with Crippen LogP contribution in [0.25, 0.3) is 11.5 Å². The molecule has 10 heteroatoms. The van der Waals surface area contributed by atoms with E-state index in [4.69, 9.17) is 9.15 Å². The number of methoxy groups -OCH3 is 1. The fourth-order valence-corrected chi connectivity index (χ4v) is 3.26. The predicted octanol–water partition coefficient (Wildman–Crippen LogP) is 1.72. The lowest BCUT2D eigenvalue weighted by molar-refractivity contribution is 0.413. The molecule has 0 spiro atoms. The number of fused-ring (bicyclic) bond motifs is 2. The fourth-order valence-electron chi connectivity index (χ4n) is 3.26. The molecule has 1 atom stereocenters. The van der Waals surface area contributed by atoms with Gasteiger partial charge in [0.05, 0.1) is 13.4 Å². The van der Waals surface area contributed by atoms with Gasteiger partial charge >= 0.3 is 0 Å². The highest BCUT2D eigenvalue weighted by atomic mass is 16.5. The lowest BCUT2D eigenvalue weighted by Crippen LogP contribution is -2.29. The number of hydrogen-bond acceptors (Lipinski definition) is 8. The summed E-state index contributed by atoms with van der Waals surface area (Å²) in [6, 6.07) is 10.5. The molecule has 134 valence electrons. The van der Waals surface area contributed by atoms with Crippen molar-refractivity contribution in [2.24, 2.45) is 0 Å². The van der Waals surface area contributed by atoms with Crippen molar-refractivity contribution >= 4 is 11.6 Å². The Hall–Kier alpha value is -3.95. The minimum atomic E-state index is -0.490. The summed E-state index contributed by atoms with van der Waals surface area (Å²) in [5.74, 6) is 1.56. The number of rotatable bonds is 3. The van der Waals surface area contributed by atoms with Crippen molar-refractivity contribution < 1.29 is 9.15 Å². The van der Waals surface area contributed by atoms with Gasteiger partial charge in [0.1, 0.15) is 23.2 Å². The van der Waals surface area contributed by atoms with Gasteiger partial charge in [-0.15, -0.1) is 0 Å². The highest BCUT2D eigenvalue weighted by Gasteiger charge is 2.35. The highest BCUT2D eigenvalue weighted by Crippen LogP contribution is 2.41. The van der Waals surface area contributed by atoms with Crippen LogP contribution in [0.1, 0.15) is 17.2 Å². The first kappa shape index (κ1) is 15.3. The molecule has 1 aliphatic heterocycles. The van der Waals surface area contributed by atoms with E-state index in [2.05, 4.69) is 31.0 Å². The molecule has 5 rings (SSSR count). The Bertz CT molecular complexity index is 1180. The molecule has 3 aromatic heterocycles. The van der Waals surface area contributed by atoms with E-state index in [9.17, 15) is 4.79 Å². The van der Waals surface area contributed by atoms with Crippen LogP contribution in [-0.4, -0.2) is 37.5 Å². The molecule has 1 aliphatic rings. The van der Waals surface area contributed by atoms with E-state index in [1.807, 2.05) is 24.3 Å². The Balaban J connectivity index is 1.83. The minimum absolute atomic E-state index is 0.325. The van der Waals surface area contributed by atoms with Gasteiger partial charge in [-0.1, -0.05) is 17.2 Å². The average Bonchev–Trinajstić information content (AvgIpc) is 3.39. The summed E-state index contributed by atoms with van der Waals surface area (Å²) in [6.07, 6.45) is 1.55. The van der Waals surface area contributed by atoms with Crippen molar-refractivity contribution in [1.29, 1.82) is 0 Å². The first-order valence-corrected chi connectivity index (χ1v) is 8.11. The molecule has 0 fully saturated rings. The van der Waals surface area contributed by atoms with Gasteiger partial charge in [-0.05, 0) is 40.3 Å². The van der Waals surface area contributed by atoms with Crippen molar-refractivity contribution in [1.82, 2.24) is 30.4 Å². The van der Waals surface area contributed by atoms with Gasteiger partial charge in [0.15, 0.2) is 5.76 Å². The largest absolute Gasteiger partial charge is 0.497 e. The van der Waals surface area contributed by atoms with E-state index in [0.29, 0.717) is 34.4 Å². The van der Waals surface area contributed by atoms with Crippen LogP contribution in [0, 0.1) is 0 Å². The molecule has 0 radical (unpaired) electrons. The SMILES string of the molecule is COc1cccc([C@@H]2c3c(-c4ccco4)n[nH]c(=O)c3Nc3nnnn32)c1. The maximum absolute atomic E-state index is 12.5. The minimum Gasteiger partial charge on any atom is -0.497 e. The third-order valence-electron chi connectivity index (χ3n) is 4.43. The number of hydrogen-bond donors (Lipinski definition) is 2. The van der Waals surface area contributed by atoms with Gasteiger partial charge < -0.3 is 14.5 Å². The molecule has 2 N–H and O–H groups in total. The summed E-state index contributed by atoms with van der Waals surface area (Å²) in [4.78, 5) is 12.5. The lowest BCUT2D eigenvalue weighted by Gasteiger charge is -2.27. The molecule has 0 bridgehead atoms. The van der Waals surface area contributed by atoms with Crippen molar-refractivity contribution in [3.8, 4) is 17.2 Å². The Kier molecular flexibility index (Phi) is 3.29. The number of nitrogens with zero attached hydrogens (tertiary/aromatic N) is 5. The van der Waals surface area contributed by atoms with Crippen LogP contribution in [-0.2, 0) is 0 Å². The summed E-state index contributed by atoms with van der Waals surface area (Å²) in [5, 5.41) is 21.5. The summed E-state index contributed by atoms with van der Waals surface area (Å²) >= 11 is 0. The van der Waals surface area contributed by atoms with Crippen molar-refractivity contribution in [2.45, 2.75) is 6.04 Å². The molecule has 0 aliphatic carbocycles. The number of anilines is 2. The van der Waals surface area contributed by atoms with Crippen molar-refractivity contribution in [3.05, 3.63) is 64.1 Å². The molecule has 0 unspecified atom stereocenters. The Labute approximate surface area is 151 Å². The average molecular weight is 363 g/mol. The van der Waals surface area contributed by atoms with Crippen LogP contribution >= 0.6 is 0 Å². The standard InChI is InChI=1S/C17H13N7O3/c1-26-10-5-2-4-9(8-10)15-12-13(11-6-3-7-27-11)19-20-16(25)14(12)18-17-21-22-23-24(15)17/h2-8,15H,1H3,(H,20,25)(H,18,21,23)/t15-/m1/s1. The molecule has 27 heavy (non-hydrogen) atoms. The molecule has 0 saturated heterocycles. The normalized spacial score (nSPS) is 14.9. The first-order valence-electron chi connectivity index (χ1n) is 8.11. The highest BCUT2D eigenvalue weighted by molar-refractivity contribution is 5.73. The Morgan fingerprint density at radius 1 is 1.26 bits per heavy atom. The van der Waals surface area contributed by atoms with Crippen LogP contribution < -0.4 is 15.6 Å². The van der Waals surface area contributed by atoms with Gasteiger partial charge in [0.2, 0.25) is 5.95 Å². The van der Waals surface area contributed by atoms with E-state index in [-0.39, 0.29) is 5.56 Å². The zero-order valence-electron chi connectivity index (χ0n) is 14.1. The van der Waals surface area contributed by atoms with Gasteiger partial charge in [-0.25, -0.2) is 5.10 Å². The molecular weight excluding hydrogens is 350 g/mol. The molecule has 0 amide bonds. The quantitative estimate of drug-likeness (QED) is 0.496. The monoisotopic (exact) mass is 363 g/mol. The smallest absolute Gasteiger partial charge is 0.288 e. The number of furan rings is 1. The zero-order chi connectivity index (χ0) is 18.4. The Morgan fingerprint density at radius 3 is 3.00 bits per heavy atom. The van der Waals surface area contributed by atoms with E-state index in [1.165, 1.54) is 0 Å². The second kappa shape index (κ2) is 5.80. The summed E-state index contributed by atoms with van der Waals surface area (Å²) in [5.41, 5.74) is 1.90. The Morgan fingerprint density at radius 2 is 2.19 bits per heavy atom. The maximum Gasteiger partial charge on any atom is 0.288 e. The molecule has 0 saturated carbocycles. The third-order valence-corrected chi connectivity index (χ3v) is 4.43. The topological polar surface area (TPSA) is 124 Å². The van der Waals surface area contributed by atoms with Gasteiger partial charge in [-0.3, -0.25) is 4.79 Å². The predicted molar refractivity (Wildman–Crippen MR) is 93.9 cm³/mol. The van der Waals surface area contributed by atoms with Gasteiger partial charge in [0, 0.05) is 5.56 Å². The number of tetrazole rings is 1. The second-order valence-electron chi connectivity index (χ2n) is 5.92. The summed E-state index contributed by atoms with van der Waals surface area (Å²) in [6.45, 7) is 0. The molecule has 10 nitrogen and oxygen atoms in total. The number of benzene rings is 1. The van der Waals surface area contributed by atoms with E-state index < -0.39 is 6.04 Å². The molecule has 4 aromatic rings.